The number of aliphatic hydroxyl groups excluding tert-OH is 1. The third kappa shape index (κ3) is 4.60. The summed E-state index contributed by atoms with van der Waals surface area (Å²) in [6.45, 7) is 4.60. The number of ketones is 1. The maximum Gasteiger partial charge on any atom is 0.295 e. The number of hydrogen-bond donors (Lipinski definition) is 1. The molecule has 1 N–H and O–H groups in total. The van der Waals surface area contributed by atoms with Gasteiger partial charge in [0.15, 0.2) is 0 Å². The number of hydrogen-bond acceptors (Lipinski definition) is 4. The third-order valence-electron chi connectivity index (χ3n) is 6.31. The van der Waals surface area contributed by atoms with Crippen molar-refractivity contribution in [2.45, 2.75) is 32.2 Å². The number of Topliss-reactive ketones (excluding diaryl/α,β-unsaturated/α-hetero) is 1. The van der Waals surface area contributed by atoms with Gasteiger partial charge in [0.25, 0.3) is 11.7 Å². The van der Waals surface area contributed by atoms with Crippen LogP contribution < -0.4 is 4.74 Å². The molecule has 3 aromatic carbocycles. The molecule has 0 saturated carbocycles. The van der Waals surface area contributed by atoms with Gasteiger partial charge in [0.2, 0.25) is 0 Å². The number of amides is 1. The second-order valence-electron chi connectivity index (χ2n) is 8.78. The minimum atomic E-state index is -0.667. The fourth-order valence-corrected chi connectivity index (χ4v) is 4.32. The molecule has 1 heterocycles. The first-order chi connectivity index (χ1) is 16.4. The lowest BCUT2D eigenvalue weighted by molar-refractivity contribution is -0.139. The molecule has 1 saturated heterocycles. The quantitative estimate of drug-likeness (QED) is 0.291. The van der Waals surface area contributed by atoms with Crippen LogP contribution in [-0.4, -0.2) is 35.4 Å². The van der Waals surface area contributed by atoms with E-state index < -0.39 is 17.7 Å². The number of rotatable bonds is 7. The van der Waals surface area contributed by atoms with E-state index in [9.17, 15) is 14.7 Å². The van der Waals surface area contributed by atoms with Crippen LogP contribution in [0.1, 0.15) is 48.1 Å². The maximum atomic E-state index is 13.2. The summed E-state index contributed by atoms with van der Waals surface area (Å²) in [5.41, 5.74) is 3.62. The highest BCUT2D eigenvalue weighted by molar-refractivity contribution is 6.46. The summed E-state index contributed by atoms with van der Waals surface area (Å²) >= 11 is 0. The van der Waals surface area contributed by atoms with E-state index in [0.717, 1.165) is 11.1 Å². The third-order valence-corrected chi connectivity index (χ3v) is 6.31. The molecule has 34 heavy (non-hydrogen) atoms. The Hall–Kier alpha value is -3.86. The summed E-state index contributed by atoms with van der Waals surface area (Å²) in [5.74, 6) is -0.442. The van der Waals surface area contributed by atoms with Crippen LogP contribution in [0, 0.1) is 0 Å². The lowest BCUT2D eigenvalue weighted by Gasteiger charge is -2.26. The van der Waals surface area contributed by atoms with Crippen LogP contribution in [-0.2, 0) is 16.0 Å². The first-order valence-corrected chi connectivity index (χ1v) is 11.5. The Balaban J connectivity index is 1.77. The van der Waals surface area contributed by atoms with E-state index in [1.165, 1.54) is 5.56 Å². The maximum absolute atomic E-state index is 13.2. The van der Waals surface area contributed by atoms with Gasteiger partial charge in [-0.15, -0.1) is 0 Å². The molecular weight excluding hydrogens is 426 g/mol. The van der Waals surface area contributed by atoms with Gasteiger partial charge in [-0.2, -0.15) is 0 Å². The summed E-state index contributed by atoms with van der Waals surface area (Å²) < 4.78 is 5.20. The number of methoxy groups -OCH3 is 1. The van der Waals surface area contributed by atoms with Crippen molar-refractivity contribution >= 4 is 17.4 Å². The summed E-state index contributed by atoms with van der Waals surface area (Å²) in [4.78, 5) is 27.9. The lowest BCUT2D eigenvalue weighted by Crippen LogP contribution is -2.31. The first kappa shape index (κ1) is 23.3. The average Bonchev–Trinajstić information content (AvgIpc) is 3.12. The van der Waals surface area contributed by atoms with Gasteiger partial charge in [-0.05, 0) is 53.3 Å². The van der Waals surface area contributed by atoms with Gasteiger partial charge in [0.1, 0.15) is 11.5 Å². The second kappa shape index (κ2) is 9.96. The molecule has 1 atom stereocenters. The number of ether oxygens (including phenoxy) is 1. The van der Waals surface area contributed by atoms with E-state index in [4.69, 9.17) is 4.74 Å². The van der Waals surface area contributed by atoms with Crippen molar-refractivity contribution in [3.8, 4) is 5.75 Å². The molecule has 1 unspecified atom stereocenters. The topological polar surface area (TPSA) is 66.8 Å². The molecule has 5 heteroatoms. The van der Waals surface area contributed by atoms with Crippen molar-refractivity contribution in [3.63, 3.8) is 0 Å². The Morgan fingerprint density at radius 2 is 1.59 bits per heavy atom. The van der Waals surface area contributed by atoms with Gasteiger partial charge in [0, 0.05) is 12.1 Å². The molecule has 0 radical (unpaired) electrons. The summed E-state index contributed by atoms with van der Waals surface area (Å²) in [7, 11) is 1.56. The molecule has 1 amide bonds. The molecule has 0 spiro atoms. The van der Waals surface area contributed by atoms with Gasteiger partial charge >= 0.3 is 0 Å². The molecule has 3 aromatic rings. The summed E-state index contributed by atoms with van der Waals surface area (Å²) in [6, 6.07) is 23.9. The van der Waals surface area contributed by atoms with Gasteiger partial charge in [-0.3, -0.25) is 9.59 Å². The Morgan fingerprint density at radius 3 is 2.18 bits per heavy atom. The van der Waals surface area contributed by atoms with Crippen molar-refractivity contribution in [1.82, 2.24) is 4.90 Å². The zero-order chi connectivity index (χ0) is 24.2. The SMILES string of the molecule is COc1ccc(/C(O)=C2\C(=O)C(=O)N(CCc3ccccc3)C2c2ccc(C(C)C)cc2)cc1. The Morgan fingerprint density at radius 1 is 0.941 bits per heavy atom. The van der Waals surface area contributed by atoms with E-state index >= 15 is 0 Å². The van der Waals surface area contributed by atoms with E-state index in [0.29, 0.717) is 30.2 Å². The van der Waals surface area contributed by atoms with Crippen LogP contribution in [0.2, 0.25) is 0 Å². The molecule has 174 valence electrons. The van der Waals surface area contributed by atoms with Crippen LogP contribution in [0.5, 0.6) is 5.75 Å². The largest absolute Gasteiger partial charge is 0.507 e. The summed E-state index contributed by atoms with van der Waals surface area (Å²) in [5, 5.41) is 11.2. The van der Waals surface area contributed by atoms with Crippen LogP contribution in [0.4, 0.5) is 0 Å². The minimum Gasteiger partial charge on any atom is -0.507 e. The lowest BCUT2D eigenvalue weighted by atomic mass is 9.93. The highest BCUT2D eigenvalue weighted by atomic mass is 16.5. The average molecular weight is 456 g/mol. The molecule has 0 aromatic heterocycles. The van der Waals surface area contributed by atoms with E-state index in [2.05, 4.69) is 13.8 Å². The van der Waals surface area contributed by atoms with Crippen molar-refractivity contribution in [2.75, 3.05) is 13.7 Å². The number of likely N-dealkylation sites (tertiary alicyclic amines) is 1. The fourth-order valence-electron chi connectivity index (χ4n) is 4.32. The Bertz CT molecular complexity index is 1200. The van der Waals surface area contributed by atoms with Crippen molar-refractivity contribution < 1.29 is 19.4 Å². The number of nitrogens with zero attached hydrogens (tertiary/aromatic N) is 1. The van der Waals surface area contributed by atoms with Crippen molar-refractivity contribution in [1.29, 1.82) is 0 Å². The smallest absolute Gasteiger partial charge is 0.295 e. The van der Waals surface area contributed by atoms with Crippen LogP contribution >= 0.6 is 0 Å². The zero-order valence-corrected chi connectivity index (χ0v) is 19.7. The Labute approximate surface area is 200 Å². The molecule has 5 nitrogen and oxygen atoms in total. The molecule has 1 aliphatic heterocycles. The number of carbonyl (C=O) groups excluding carboxylic acids is 2. The van der Waals surface area contributed by atoms with Gasteiger partial charge in [-0.25, -0.2) is 0 Å². The highest BCUT2D eigenvalue weighted by Gasteiger charge is 2.45. The predicted molar refractivity (Wildman–Crippen MR) is 133 cm³/mol. The fraction of sp³-hybridized carbons (Fsp3) is 0.241. The first-order valence-electron chi connectivity index (χ1n) is 11.5. The molecule has 0 bridgehead atoms. The van der Waals surface area contributed by atoms with Crippen molar-refractivity contribution in [3.05, 3.63) is 107 Å². The molecular formula is C29H29NO4. The number of benzene rings is 3. The van der Waals surface area contributed by atoms with Crippen LogP contribution in [0.3, 0.4) is 0 Å². The predicted octanol–water partition coefficient (Wildman–Crippen LogP) is 5.48. The summed E-state index contributed by atoms with van der Waals surface area (Å²) in [6.07, 6.45) is 0.608. The number of carbonyl (C=O) groups is 2. The van der Waals surface area contributed by atoms with E-state index in [1.54, 1.807) is 36.3 Å². The monoisotopic (exact) mass is 455 g/mol. The molecule has 1 aliphatic rings. The zero-order valence-electron chi connectivity index (χ0n) is 19.7. The highest BCUT2D eigenvalue weighted by Crippen LogP contribution is 2.40. The normalized spacial score (nSPS) is 17.4. The molecule has 4 rings (SSSR count). The van der Waals surface area contributed by atoms with Gasteiger partial charge < -0.3 is 14.7 Å². The van der Waals surface area contributed by atoms with E-state index in [-0.39, 0.29) is 11.3 Å². The molecule has 1 fully saturated rings. The number of aliphatic hydroxyl groups is 1. The van der Waals surface area contributed by atoms with E-state index in [1.807, 2.05) is 54.6 Å². The van der Waals surface area contributed by atoms with Crippen LogP contribution in [0.25, 0.3) is 5.76 Å². The Kier molecular flexibility index (Phi) is 6.82. The standard InChI is InChI=1S/C29H29NO4/c1-19(2)21-9-11-22(12-10-21)26-25(27(31)23-13-15-24(34-3)16-14-23)28(32)29(33)30(26)18-17-20-7-5-4-6-8-20/h4-16,19,26,31H,17-18H2,1-3H3/b27-25+. The van der Waals surface area contributed by atoms with Crippen LogP contribution in [0.15, 0.2) is 84.4 Å². The van der Waals surface area contributed by atoms with Gasteiger partial charge in [-0.1, -0.05) is 68.4 Å². The molecule has 0 aliphatic carbocycles. The van der Waals surface area contributed by atoms with Crippen molar-refractivity contribution in [2.24, 2.45) is 0 Å². The van der Waals surface area contributed by atoms with Gasteiger partial charge in [0.05, 0.1) is 18.7 Å². The second-order valence-corrected chi connectivity index (χ2v) is 8.78. The minimum absolute atomic E-state index is 0.112.